The minimum Gasteiger partial charge on any atom is -0.352 e. The third-order valence-corrected chi connectivity index (χ3v) is 2.68. The molecule has 1 amide bonds. The van der Waals surface area contributed by atoms with Crippen molar-refractivity contribution in [2.24, 2.45) is 0 Å². The fourth-order valence-corrected chi connectivity index (χ4v) is 1.47. The van der Waals surface area contributed by atoms with Gasteiger partial charge in [0.2, 0.25) is 11.7 Å². The Morgan fingerprint density at radius 3 is 3.05 bits per heavy atom. The lowest BCUT2D eigenvalue weighted by Gasteiger charge is -2.10. The molecule has 1 N–H and O–H groups in total. The molecule has 2 aromatic heterocycles. The summed E-state index contributed by atoms with van der Waals surface area (Å²) in [5, 5.41) is 14.7. The van der Waals surface area contributed by atoms with E-state index in [1.165, 1.54) is 4.80 Å². The smallest absolute Gasteiger partial charge is 0.243 e. The Kier molecular flexibility index (Phi) is 4.17. The number of nitrogens with one attached hydrogen (secondary N) is 1. The summed E-state index contributed by atoms with van der Waals surface area (Å²) in [5.74, 6) is 0.342. The number of hydrogen-bond acceptors (Lipinski definition) is 5. The summed E-state index contributed by atoms with van der Waals surface area (Å²) in [4.78, 5) is 16.9. The van der Waals surface area contributed by atoms with Crippen molar-refractivity contribution in [2.75, 3.05) is 0 Å². The second-order valence-electron chi connectivity index (χ2n) is 4.26. The number of tetrazole rings is 1. The van der Waals surface area contributed by atoms with Crippen LogP contribution in [-0.4, -0.2) is 37.1 Å². The Morgan fingerprint density at radius 1 is 1.53 bits per heavy atom. The molecule has 0 bridgehead atoms. The second-order valence-corrected chi connectivity index (χ2v) is 4.26. The van der Waals surface area contributed by atoms with Crippen molar-refractivity contribution >= 4 is 5.91 Å². The first-order chi connectivity index (χ1) is 9.19. The maximum atomic E-state index is 11.7. The van der Waals surface area contributed by atoms with Gasteiger partial charge in [-0.05, 0) is 30.7 Å². The predicted octanol–water partition coefficient (Wildman–Crippen LogP) is 0.650. The average Bonchev–Trinajstić information content (AvgIpc) is 2.88. The predicted molar refractivity (Wildman–Crippen MR) is 68.9 cm³/mol. The molecule has 100 valence electrons. The Balaban J connectivity index is 2.00. The van der Waals surface area contributed by atoms with Gasteiger partial charge in [0.1, 0.15) is 6.54 Å². The van der Waals surface area contributed by atoms with Crippen molar-refractivity contribution < 1.29 is 4.79 Å². The van der Waals surface area contributed by atoms with Gasteiger partial charge in [-0.2, -0.15) is 4.80 Å². The fourth-order valence-electron chi connectivity index (χ4n) is 1.47. The lowest BCUT2D eigenvalue weighted by molar-refractivity contribution is -0.122. The Morgan fingerprint density at radius 2 is 2.37 bits per heavy atom. The molecule has 0 radical (unpaired) electrons. The van der Waals surface area contributed by atoms with Crippen LogP contribution in [-0.2, 0) is 11.3 Å². The quantitative estimate of drug-likeness (QED) is 0.853. The number of amides is 1. The molecule has 0 aromatic carbocycles. The van der Waals surface area contributed by atoms with E-state index in [1.54, 1.807) is 18.5 Å². The average molecular weight is 260 g/mol. The van der Waals surface area contributed by atoms with Gasteiger partial charge in [-0.15, -0.1) is 10.2 Å². The lowest BCUT2D eigenvalue weighted by Crippen LogP contribution is -2.35. The highest BCUT2D eigenvalue weighted by atomic mass is 16.2. The summed E-state index contributed by atoms with van der Waals surface area (Å²) in [5.41, 5.74) is 0.774. The van der Waals surface area contributed by atoms with Crippen molar-refractivity contribution in [3.63, 3.8) is 0 Å². The van der Waals surface area contributed by atoms with Crippen LogP contribution in [0, 0.1) is 0 Å². The van der Waals surface area contributed by atoms with Crippen molar-refractivity contribution in [2.45, 2.75) is 32.9 Å². The molecule has 2 aromatic rings. The maximum Gasteiger partial charge on any atom is 0.243 e. The summed E-state index contributed by atoms with van der Waals surface area (Å²) in [7, 11) is 0. The zero-order chi connectivity index (χ0) is 13.7. The summed E-state index contributed by atoms with van der Waals surface area (Å²) in [6.45, 7) is 4.03. The number of aromatic nitrogens is 5. The molecular formula is C12H16N6O. The zero-order valence-corrected chi connectivity index (χ0v) is 10.9. The molecule has 1 unspecified atom stereocenters. The Hall–Kier alpha value is -2.31. The molecule has 0 saturated heterocycles. The van der Waals surface area contributed by atoms with Crippen LogP contribution in [0.15, 0.2) is 24.5 Å². The highest BCUT2D eigenvalue weighted by Gasteiger charge is 2.10. The van der Waals surface area contributed by atoms with Crippen LogP contribution in [0.1, 0.15) is 20.3 Å². The van der Waals surface area contributed by atoms with Crippen LogP contribution in [0.25, 0.3) is 11.4 Å². The summed E-state index contributed by atoms with van der Waals surface area (Å²) >= 11 is 0. The van der Waals surface area contributed by atoms with E-state index in [0.29, 0.717) is 5.82 Å². The summed E-state index contributed by atoms with van der Waals surface area (Å²) < 4.78 is 0. The zero-order valence-electron chi connectivity index (χ0n) is 10.9. The number of pyridine rings is 1. The van der Waals surface area contributed by atoms with Gasteiger partial charge in [0, 0.05) is 24.0 Å². The molecule has 2 rings (SSSR count). The van der Waals surface area contributed by atoms with Crippen molar-refractivity contribution in [1.82, 2.24) is 30.5 Å². The van der Waals surface area contributed by atoms with Gasteiger partial charge in [-0.25, -0.2) is 0 Å². The second kappa shape index (κ2) is 6.03. The van der Waals surface area contributed by atoms with E-state index in [2.05, 4.69) is 25.7 Å². The molecule has 0 aliphatic carbocycles. The number of carbonyl (C=O) groups is 1. The summed E-state index contributed by atoms with van der Waals surface area (Å²) in [6.07, 6.45) is 4.21. The Bertz CT molecular complexity index is 538. The van der Waals surface area contributed by atoms with Gasteiger partial charge in [0.15, 0.2) is 0 Å². The summed E-state index contributed by atoms with van der Waals surface area (Å²) in [6, 6.07) is 3.79. The van der Waals surface area contributed by atoms with Crippen LogP contribution >= 0.6 is 0 Å². The Labute approximate surface area is 111 Å². The number of nitrogens with zero attached hydrogens (tertiary/aromatic N) is 5. The lowest BCUT2D eigenvalue weighted by atomic mass is 10.2. The maximum absolute atomic E-state index is 11.7. The van der Waals surface area contributed by atoms with Gasteiger partial charge >= 0.3 is 0 Å². The van der Waals surface area contributed by atoms with Crippen molar-refractivity contribution in [1.29, 1.82) is 0 Å². The molecule has 2 heterocycles. The van der Waals surface area contributed by atoms with E-state index < -0.39 is 0 Å². The van der Waals surface area contributed by atoms with Crippen molar-refractivity contribution in [3.8, 4) is 11.4 Å². The topological polar surface area (TPSA) is 85.6 Å². The molecule has 19 heavy (non-hydrogen) atoms. The molecule has 0 aliphatic rings. The number of rotatable bonds is 5. The van der Waals surface area contributed by atoms with Crippen molar-refractivity contribution in [3.05, 3.63) is 24.5 Å². The minimum absolute atomic E-state index is 0.0671. The van der Waals surface area contributed by atoms with Gasteiger partial charge in [-0.3, -0.25) is 9.78 Å². The third kappa shape index (κ3) is 3.57. The largest absolute Gasteiger partial charge is 0.352 e. The fraction of sp³-hybridized carbons (Fsp3) is 0.417. The van der Waals surface area contributed by atoms with E-state index in [9.17, 15) is 4.79 Å². The first-order valence-corrected chi connectivity index (χ1v) is 6.16. The van der Waals surface area contributed by atoms with Gasteiger partial charge in [0.05, 0.1) is 0 Å². The van der Waals surface area contributed by atoms with Crippen LogP contribution < -0.4 is 5.32 Å². The van der Waals surface area contributed by atoms with Gasteiger partial charge in [0.25, 0.3) is 0 Å². The highest BCUT2D eigenvalue weighted by molar-refractivity contribution is 5.75. The van der Waals surface area contributed by atoms with E-state index >= 15 is 0 Å². The molecular weight excluding hydrogens is 244 g/mol. The van der Waals surface area contributed by atoms with Crippen LogP contribution in [0.4, 0.5) is 0 Å². The van der Waals surface area contributed by atoms with Crippen LogP contribution in [0.3, 0.4) is 0 Å². The molecule has 1 atom stereocenters. The number of carbonyl (C=O) groups excluding carboxylic acids is 1. The van der Waals surface area contributed by atoms with E-state index in [1.807, 2.05) is 19.9 Å². The monoisotopic (exact) mass is 260 g/mol. The minimum atomic E-state index is -0.121. The third-order valence-electron chi connectivity index (χ3n) is 2.68. The first-order valence-electron chi connectivity index (χ1n) is 6.16. The highest BCUT2D eigenvalue weighted by Crippen LogP contribution is 2.09. The van der Waals surface area contributed by atoms with E-state index in [4.69, 9.17) is 0 Å². The SMILES string of the molecule is CCC(C)NC(=O)Cn1nnc(-c2cccnc2)n1. The van der Waals surface area contributed by atoms with Crippen LogP contribution in [0.2, 0.25) is 0 Å². The molecule has 7 heteroatoms. The molecule has 0 saturated carbocycles. The molecule has 0 fully saturated rings. The molecule has 7 nitrogen and oxygen atoms in total. The van der Waals surface area contributed by atoms with E-state index in [0.717, 1.165) is 12.0 Å². The molecule has 0 spiro atoms. The van der Waals surface area contributed by atoms with E-state index in [-0.39, 0.29) is 18.5 Å². The first kappa shape index (κ1) is 13.1. The molecule has 0 aliphatic heterocycles. The van der Waals surface area contributed by atoms with Crippen LogP contribution in [0.5, 0.6) is 0 Å². The van der Waals surface area contributed by atoms with Gasteiger partial charge in [-0.1, -0.05) is 6.92 Å². The normalized spacial score (nSPS) is 12.1. The van der Waals surface area contributed by atoms with Gasteiger partial charge < -0.3 is 5.32 Å². The standard InChI is InChI=1S/C12H16N6O/c1-3-9(2)14-11(19)8-18-16-12(15-17-18)10-5-4-6-13-7-10/h4-7,9H,3,8H2,1-2H3,(H,14,19). The number of hydrogen-bond donors (Lipinski definition) is 1.